The van der Waals surface area contributed by atoms with E-state index in [1.807, 2.05) is 36.4 Å². The van der Waals surface area contributed by atoms with Gasteiger partial charge in [-0.2, -0.15) is 4.98 Å². The van der Waals surface area contributed by atoms with Gasteiger partial charge in [-0.05, 0) is 48.5 Å². The van der Waals surface area contributed by atoms with Gasteiger partial charge in [0.2, 0.25) is 5.95 Å². The van der Waals surface area contributed by atoms with Crippen LogP contribution in [0.1, 0.15) is 0 Å². The summed E-state index contributed by atoms with van der Waals surface area (Å²) in [5.41, 5.74) is 9.41. The Balaban J connectivity index is 1.31. The number of fused-ring (bicyclic) bond motifs is 6. The lowest BCUT2D eigenvalue weighted by molar-refractivity contribution is 0.952. The molecule has 0 bridgehead atoms. The minimum absolute atomic E-state index is 0.592. The lowest BCUT2D eigenvalue weighted by Gasteiger charge is -2.15. The molecular weight excluding hydrogens is 613 g/mol. The molecule has 0 amide bonds. The molecule has 0 radical (unpaired) electrons. The summed E-state index contributed by atoms with van der Waals surface area (Å²) in [7, 11) is 0. The SMILES string of the molecule is c1ccc(-c2cc(-c3cc(-n4c5ccccc5c5ccccc54)nc(-n4c5ccccc5c5ccccc54)n3)cc(-c3ccccn3)n2)cc1. The minimum atomic E-state index is 0.592. The monoisotopic (exact) mass is 640 g/mol. The Bertz CT molecular complexity index is 2570. The van der Waals surface area contributed by atoms with Crippen LogP contribution < -0.4 is 0 Å². The highest BCUT2D eigenvalue weighted by Crippen LogP contribution is 2.36. The van der Waals surface area contributed by atoms with Gasteiger partial charge in [-0.3, -0.25) is 14.1 Å². The summed E-state index contributed by atoms with van der Waals surface area (Å²) >= 11 is 0. The quantitative estimate of drug-likeness (QED) is 0.188. The van der Waals surface area contributed by atoms with Crippen molar-refractivity contribution < 1.29 is 0 Å². The number of nitrogens with zero attached hydrogens (tertiary/aromatic N) is 6. The van der Waals surface area contributed by atoms with E-state index in [0.29, 0.717) is 5.95 Å². The molecule has 0 aliphatic carbocycles. The fourth-order valence-electron chi connectivity index (χ4n) is 7.17. The molecule has 0 aliphatic heterocycles. The van der Waals surface area contributed by atoms with Crippen LogP contribution in [0.25, 0.3) is 89.3 Å². The Labute approximate surface area is 287 Å². The van der Waals surface area contributed by atoms with Gasteiger partial charge >= 0.3 is 0 Å². The van der Waals surface area contributed by atoms with Crippen molar-refractivity contribution in [1.29, 1.82) is 0 Å². The molecule has 5 heterocycles. The van der Waals surface area contributed by atoms with E-state index >= 15 is 0 Å². The van der Waals surface area contributed by atoms with Gasteiger partial charge < -0.3 is 0 Å². The summed E-state index contributed by atoms with van der Waals surface area (Å²) in [5, 5.41) is 4.66. The predicted octanol–water partition coefficient (Wildman–Crippen LogP) is 10.5. The first-order chi connectivity index (χ1) is 24.8. The molecule has 6 nitrogen and oxygen atoms in total. The zero-order valence-corrected chi connectivity index (χ0v) is 26.8. The molecular formula is C44H28N6. The van der Waals surface area contributed by atoms with Crippen molar-refractivity contribution >= 4 is 43.6 Å². The van der Waals surface area contributed by atoms with E-state index in [-0.39, 0.29) is 0 Å². The first-order valence-electron chi connectivity index (χ1n) is 16.7. The summed E-state index contributed by atoms with van der Waals surface area (Å²) in [6.07, 6.45) is 1.80. The van der Waals surface area contributed by atoms with Crippen LogP contribution in [0.2, 0.25) is 0 Å². The molecule has 50 heavy (non-hydrogen) atoms. The first kappa shape index (κ1) is 28.1. The zero-order chi connectivity index (χ0) is 33.0. The Morgan fingerprint density at radius 3 is 1.42 bits per heavy atom. The predicted molar refractivity (Wildman–Crippen MR) is 203 cm³/mol. The van der Waals surface area contributed by atoms with E-state index in [9.17, 15) is 0 Å². The smallest absolute Gasteiger partial charge is 0.237 e. The molecule has 6 heteroatoms. The number of benzene rings is 5. The Hall–Kier alpha value is -6.92. The van der Waals surface area contributed by atoms with E-state index in [2.05, 4.69) is 142 Å². The molecule has 0 unspecified atom stereocenters. The second-order valence-electron chi connectivity index (χ2n) is 12.4. The number of hydrogen-bond acceptors (Lipinski definition) is 4. The van der Waals surface area contributed by atoms with Crippen LogP contribution in [0.3, 0.4) is 0 Å². The van der Waals surface area contributed by atoms with Crippen LogP contribution in [0.4, 0.5) is 0 Å². The summed E-state index contributed by atoms with van der Waals surface area (Å²) in [6.45, 7) is 0. The van der Waals surface area contributed by atoms with Crippen molar-refractivity contribution in [2.75, 3.05) is 0 Å². The average Bonchev–Trinajstić information content (AvgIpc) is 3.71. The molecule has 0 saturated carbocycles. The number of aromatic nitrogens is 6. The lowest BCUT2D eigenvalue weighted by Crippen LogP contribution is -2.07. The summed E-state index contributed by atoms with van der Waals surface area (Å²) < 4.78 is 4.44. The third-order valence-electron chi connectivity index (χ3n) is 9.41. The standard InChI is InChI=1S/C44H28N6/c1-2-14-29(15-3-1)36-26-30(27-38(46-36)35-20-12-13-25-45-35)37-28-43(49-39-21-8-4-16-31(39)32-17-5-9-22-40(32)49)48-44(47-37)50-41-23-10-6-18-33(41)34-19-7-11-24-42(34)50/h1-28H. The van der Waals surface area contributed by atoms with Crippen LogP contribution in [0, 0.1) is 0 Å². The normalized spacial score (nSPS) is 11.6. The van der Waals surface area contributed by atoms with Crippen molar-refractivity contribution in [2.24, 2.45) is 0 Å². The second-order valence-corrected chi connectivity index (χ2v) is 12.4. The Kier molecular flexibility index (Phi) is 6.39. The third kappa shape index (κ3) is 4.50. The second kappa shape index (κ2) is 11.4. The molecule has 234 valence electrons. The van der Waals surface area contributed by atoms with Crippen LogP contribution in [-0.2, 0) is 0 Å². The van der Waals surface area contributed by atoms with Crippen molar-refractivity contribution in [2.45, 2.75) is 0 Å². The van der Waals surface area contributed by atoms with Gasteiger partial charge in [0.15, 0.2) is 0 Å². The Morgan fingerprint density at radius 1 is 0.340 bits per heavy atom. The van der Waals surface area contributed by atoms with Gasteiger partial charge in [-0.25, -0.2) is 9.97 Å². The van der Waals surface area contributed by atoms with Gasteiger partial charge in [0.1, 0.15) is 5.82 Å². The van der Waals surface area contributed by atoms with Crippen molar-refractivity contribution in [3.63, 3.8) is 0 Å². The molecule has 0 aliphatic rings. The zero-order valence-electron chi connectivity index (χ0n) is 26.8. The highest BCUT2D eigenvalue weighted by Gasteiger charge is 2.20. The van der Waals surface area contributed by atoms with Crippen LogP contribution in [0.15, 0.2) is 170 Å². The highest BCUT2D eigenvalue weighted by atomic mass is 15.2. The fraction of sp³-hybridized carbons (Fsp3) is 0. The van der Waals surface area contributed by atoms with E-state index in [4.69, 9.17) is 15.0 Å². The summed E-state index contributed by atoms with van der Waals surface area (Å²) in [4.78, 5) is 20.5. The van der Waals surface area contributed by atoms with E-state index < -0.39 is 0 Å². The molecule has 5 aromatic heterocycles. The molecule has 0 saturated heterocycles. The number of para-hydroxylation sites is 4. The van der Waals surface area contributed by atoms with E-state index in [1.165, 1.54) is 10.8 Å². The first-order valence-corrected chi connectivity index (χ1v) is 16.7. The van der Waals surface area contributed by atoms with Gasteiger partial charge in [-0.1, -0.05) is 109 Å². The van der Waals surface area contributed by atoms with Crippen LogP contribution in [0.5, 0.6) is 0 Å². The van der Waals surface area contributed by atoms with E-state index in [0.717, 1.165) is 72.6 Å². The molecule has 10 rings (SSSR count). The fourth-order valence-corrected chi connectivity index (χ4v) is 7.17. The maximum Gasteiger partial charge on any atom is 0.237 e. The molecule has 0 N–H and O–H groups in total. The third-order valence-corrected chi connectivity index (χ3v) is 9.41. The number of pyridine rings is 2. The minimum Gasteiger partial charge on any atom is -0.294 e. The summed E-state index contributed by atoms with van der Waals surface area (Å²) in [5.74, 6) is 1.37. The molecule has 10 aromatic rings. The average molecular weight is 641 g/mol. The summed E-state index contributed by atoms with van der Waals surface area (Å²) in [6, 6.07) is 56.5. The number of hydrogen-bond donors (Lipinski definition) is 0. The van der Waals surface area contributed by atoms with E-state index in [1.54, 1.807) is 6.20 Å². The molecule has 0 spiro atoms. The molecule has 0 fully saturated rings. The van der Waals surface area contributed by atoms with Gasteiger partial charge in [0.25, 0.3) is 0 Å². The topological polar surface area (TPSA) is 61.4 Å². The van der Waals surface area contributed by atoms with Crippen molar-refractivity contribution in [3.8, 4) is 45.7 Å². The van der Waals surface area contributed by atoms with Gasteiger partial charge in [0, 0.05) is 44.9 Å². The lowest BCUT2D eigenvalue weighted by atomic mass is 10.0. The van der Waals surface area contributed by atoms with Crippen LogP contribution >= 0.6 is 0 Å². The van der Waals surface area contributed by atoms with Crippen molar-refractivity contribution in [3.05, 3.63) is 170 Å². The maximum atomic E-state index is 5.39. The number of rotatable bonds is 5. The highest BCUT2D eigenvalue weighted by molar-refractivity contribution is 6.10. The maximum absolute atomic E-state index is 5.39. The largest absolute Gasteiger partial charge is 0.294 e. The molecule has 5 aromatic carbocycles. The van der Waals surface area contributed by atoms with Gasteiger partial charge in [0.05, 0.1) is 44.8 Å². The van der Waals surface area contributed by atoms with Crippen LogP contribution in [-0.4, -0.2) is 29.1 Å². The molecule has 0 atom stereocenters. The van der Waals surface area contributed by atoms with Gasteiger partial charge in [-0.15, -0.1) is 0 Å². The van der Waals surface area contributed by atoms with Crippen molar-refractivity contribution in [1.82, 2.24) is 29.1 Å². The Morgan fingerprint density at radius 2 is 0.840 bits per heavy atom.